The maximum atomic E-state index is 11.4. The van der Waals surface area contributed by atoms with Crippen molar-refractivity contribution in [1.82, 2.24) is 10.7 Å². The maximum Gasteiger partial charge on any atom is 0.267 e. The first-order chi connectivity index (χ1) is 6.59. The fourth-order valence-corrected chi connectivity index (χ4v) is 0.971. The molecule has 5 heteroatoms. The summed E-state index contributed by atoms with van der Waals surface area (Å²) in [4.78, 5) is 22.1. The molecule has 1 aliphatic rings. The minimum Gasteiger partial charge on any atom is -0.347 e. The molecule has 1 rings (SSSR count). The quantitative estimate of drug-likeness (QED) is 0.619. The van der Waals surface area contributed by atoms with Crippen molar-refractivity contribution in [3.63, 3.8) is 0 Å². The predicted octanol–water partition coefficient (Wildman–Crippen LogP) is -0.0553. The molecule has 14 heavy (non-hydrogen) atoms. The number of hydrazone groups is 1. The molecule has 2 amide bonds. The normalized spacial score (nSPS) is 15.5. The first-order valence-electron chi connectivity index (χ1n) is 4.37. The van der Waals surface area contributed by atoms with E-state index in [-0.39, 0.29) is 11.8 Å². The van der Waals surface area contributed by atoms with E-state index in [1.165, 1.54) is 0 Å². The molecule has 2 N–H and O–H groups in total. The van der Waals surface area contributed by atoms with Crippen LogP contribution in [0.25, 0.3) is 0 Å². The predicted molar refractivity (Wildman–Crippen MR) is 52.6 cm³/mol. The average Bonchev–Trinajstić information content (AvgIpc) is 2.15. The molecule has 0 aromatic heterocycles. The highest BCUT2D eigenvalue weighted by Gasteiger charge is 2.17. The van der Waals surface area contributed by atoms with Crippen LogP contribution in [0.1, 0.15) is 19.8 Å². The third kappa shape index (κ3) is 3.01. The molecule has 0 saturated heterocycles. The van der Waals surface area contributed by atoms with Crippen LogP contribution in [0.15, 0.2) is 17.3 Å². The van der Waals surface area contributed by atoms with Gasteiger partial charge in [0.25, 0.3) is 5.91 Å². The third-order valence-electron chi connectivity index (χ3n) is 1.72. The molecular formula is C9H13N3O2. The van der Waals surface area contributed by atoms with E-state index in [0.717, 1.165) is 5.57 Å². The van der Waals surface area contributed by atoms with E-state index in [4.69, 9.17) is 0 Å². The van der Waals surface area contributed by atoms with Crippen LogP contribution in [0.4, 0.5) is 0 Å². The minimum absolute atomic E-state index is 0.151. The molecule has 1 heterocycles. The number of carbonyl (C=O) groups excluding carboxylic acids is 2. The summed E-state index contributed by atoms with van der Waals surface area (Å²) in [5, 5.41) is 6.31. The number of hydrogen-bond donors (Lipinski definition) is 2. The third-order valence-corrected chi connectivity index (χ3v) is 1.72. The van der Waals surface area contributed by atoms with Gasteiger partial charge in [0.15, 0.2) is 0 Å². The number of hydrogen-bond acceptors (Lipinski definition) is 3. The van der Waals surface area contributed by atoms with Gasteiger partial charge in [-0.2, -0.15) is 5.10 Å². The molecular weight excluding hydrogens is 182 g/mol. The van der Waals surface area contributed by atoms with Crippen molar-refractivity contribution in [1.29, 1.82) is 0 Å². The summed E-state index contributed by atoms with van der Waals surface area (Å²) in [6.07, 6.45) is 0.715. The highest BCUT2D eigenvalue weighted by atomic mass is 16.2. The van der Waals surface area contributed by atoms with E-state index in [0.29, 0.717) is 25.1 Å². The smallest absolute Gasteiger partial charge is 0.267 e. The van der Waals surface area contributed by atoms with Crippen LogP contribution in [-0.4, -0.2) is 24.1 Å². The van der Waals surface area contributed by atoms with Crippen molar-refractivity contribution >= 4 is 17.5 Å². The lowest BCUT2D eigenvalue weighted by atomic mass is 10.1. The molecule has 0 bridgehead atoms. The Bertz CT molecular complexity index is 307. The lowest BCUT2D eigenvalue weighted by molar-refractivity contribution is -0.121. The second-order valence-electron chi connectivity index (χ2n) is 3.23. The first-order valence-corrected chi connectivity index (χ1v) is 4.37. The minimum atomic E-state index is -0.243. The Balaban J connectivity index is 2.45. The van der Waals surface area contributed by atoms with E-state index in [1.807, 2.05) is 6.92 Å². The molecule has 0 aromatic carbocycles. The van der Waals surface area contributed by atoms with E-state index >= 15 is 0 Å². The van der Waals surface area contributed by atoms with Crippen molar-refractivity contribution in [3.05, 3.63) is 12.2 Å². The zero-order valence-electron chi connectivity index (χ0n) is 8.09. The highest BCUT2D eigenvalue weighted by Crippen LogP contribution is 1.99. The summed E-state index contributed by atoms with van der Waals surface area (Å²) in [5.74, 6) is -0.394. The molecule has 0 atom stereocenters. The Kier molecular flexibility index (Phi) is 3.39. The zero-order valence-corrected chi connectivity index (χ0v) is 8.09. The molecule has 0 radical (unpaired) electrons. The summed E-state index contributed by atoms with van der Waals surface area (Å²) in [6.45, 7) is 5.92. The van der Waals surface area contributed by atoms with Gasteiger partial charge < -0.3 is 5.32 Å². The maximum absolute atomic E-state index is 11.4. The Morgan fingerprint density at radius 1 is 1.64 bits per heavy atom. The first kappa shape index (κ1) is 10.4. The van der Waals surface area contributed by atoms with Gasteiger partial charge in [-0.15, -0.1) is 0 Å². The van der Waals surface area contributed by atoms with Gasteiger partial charge in [-0.3, -0.25) is 9.59 Å². The lowest BCUT2D eigenvalue weighted by Crippen LogP contribution is -2.37. The van der Waals surface area contributed by atoms with Crippen LogP contribution in [0.2, 0.25) is 0 Å². The Hall–Kier alpha value is -1.65. The number of nitrogens with zero attached hydrogens (tertiary/aromatic N) is 1. The summed E-state index contributed by atoms with van der Waals surface area (Å²) in [7, 11) is 0. The second-order valence-corrected chi connectivity index (χ2v) is 3.23. The van der Waals surface area contributed by atoms with E-state index < -0.39 is 0 Å². The monoisotopic (exact) mass is 195 g/mol. The van der Waals surface area contributed by atoms with Crippen molar-refractivity contribution in [3.8, 4) is 0 Å². The Morgan fingerprint density at radius 2 is 2.36 bits per heavy atom. The molecule has 0 spiro atoms. The molecule has 0 aliphatic carbocycles. The Morgan fingerprint density at radius 3 is 2.86 bits per heavy atom. The van der Waals surface area contributed by atoms with Crippen LogP contribution in [0.3, 0.4) is 0 Å². The van der Waals surface area contributed by atoms with Gasteiger partial charge in [0.2, 0.25) is 5.91 Å². The van der Waals surface area contributed by atoms with Crippen LogP contribution in [0, 0.1) is 0 Å². The van der Waals surface area contributed by atoms with Gasteiger partial charge in [0.05, 0.1) is 0 Å². The van der Waals surface area contributed by atoms with Gasteiger partial charge in [0.1, 0.15) is 5.71 Å². The number of carbonyl (C=O) groups is 2. The summed E-state index contributed by atoms with van der Waals surface area (Å²) < 4.78 is 0. The Labute approximate surface area is 82.3 Å². The molecule has 0 saturated carbocycles. The van der Waals surface area contributed by atoms with Crippen molar-refractivity contribution < 1.29 is 9.59 Å². The standard InChI is InChI=1S/C9H13N3O2/c1-6(2)5-10-9(14)7-3-4-8(13)12-11-7/h1,3-5H2,2H3,(H,10,14)(H,12,13). The second kappa shape index (κ2) is 4.55. The summed E-state index contributed by atoms with van der Waals surface area (Å²) in [6, 6.07) is 0. The number of nitrogens with one attached hydrogen (secondary N) is 2. The van der Waals surface area contributed by atoms with Crippen molar-refractivity contribution in [2.75, 3.05) is 6.54 Å². The summed E-state index contributed by atoms with van der Waals surface area (Å²) in [5.41, 5.74) is 3.51. The number of rotatable bonds is 3. The van der Waals surface area contributed by atoms with E-state index in [1.54, 1.807) is 0 Å². The molecule has 1 aliphatic heterocycles. The van der Waals surface area contributed by atoms with Gasteiger partial charge in [0, 0.05) is 19.4 Å². The van der Waals surface area contributed by atoms with E-state index in [9.17, 15) is 9.59 Å². The molecule has 0 fully saturated rings. The molecule has 76 valence electrons. The molecule has 0 unspecified atom stereocenters. The lowest BCUT2D eigenvalue weighted by Gasteiger charge is -2.11. The molecule has 0 aromatic rings. The number of amides is 2. The summed E-state index contributed by atoms with van der Waals surface area (Å²) >= 11 is 0. The zero-order chi connectivity index (χ0) is 10.6. The van der Waals surface area contributed by atoms with Crippen LogP contribution < -0.4 is 10.7 Å². The average molecular weight is 195 g/mol. The highest BCUT2D eigenvalue weighted by molar-refractivity contribution is 6.39. The van der Waals surface area contributed by atoms with Crippen molar-refractivity contribution in [2.24, 2.45) is 5.10 Å². The largest absolute Gasteiger partial charge is 0.347 e. The van der Waals surface area contributed by atoms with Gasteiger partial charge >= 0.3 is 0 Å². The van der Waals surface area contributed by atoms with Gasteiger partial charge in [-0.1, -0.05) is 12.2 Å². The van der Waals surface area contributed by atoms with Crippen LogP contribution in [-0.2, 0) is 9.59 Å². The molecule has 5 nitrogen and oxygen atoms in total. The van der Waals surface area contributed by atoms with E-state index in [2.05, 4.69) is 22.4 Å². The fraction of sp³-hybridized carbons (Fsp3) is 0.444. The fourth-order valence-electron chi connectivity index (χ4n) is 0.971. The van der Waals surface area contributed by atoms with Gasteiger partial charge in [-0.05, 0) is 6.92 Å². The van der Waals surface area contributed by atoms with Crippen LogP contribution in [0.5, 0.6) is 0 Å². The topological polar surface area (TPSA) is 70.6 Å². The van der Waals surface area contributed by atoms with Crippen molar-refractivity contribution in [2.45, 2.75) is 19.8 Å². The SMILES string of the molecule is C=C(C)CNC(=O)C1=NNC(=O)CC1. The van der Waals surface area contributed by atoms with Gasteiger partial charge in [-0.25, -0.2) is 5.43 Å². The van der Waals surface area contributed by atoms with Crippen LogP contribution >= 0.6 is 0 Å².